The van der Waals surface area contributed by atoms with E-state index in [-0.39, 0.29) is 0 Å². The summed E-state index contributed by atoms with van der Waals surface area (Å²) in [4.78, 5) is 6.56. The highest BCUT2D eigenvalue weighted by Gasteiger charge is 2.00. The molecule has 0 bridgehead atoms. The van der Waals surface area contributed by atoms with Gasteiger partial charge in [0, 0.05) is 32.9 Å². The van der Waals surface area contributed by atoms with E-state index in [1.807, 2.05) is 19.6 Å². The van der Waals surface area contributed by atoms with Crippen LogP contribution < -0.4 is 5.32 Å². The Morgan fingerprint density at radius 1 is 1.38 bits per heavy atom. The number of aryl methyl sites for hydroxylation is 1. The molecule has 1 N–H and O–H groups in total. The van der Waals surface area contributed by atoms with E-state index in [0.717, 1.165) is 26.2 Å². The van der Waals surface area contributed by atoms with Crippen LogP contribution in [0.1, 0.15) is 26.0 Å². The molecule has 4 nitrogen and oxygen atoms in total. The molecule has 92 valence electrons. The lowest BCUT2D eigenvalue weighted by molar-refractivity contribution is 0.287. The summed E-state index contributed by atoms with van der Waals surface area (Å²) >= 11 is 0. The maximum absolute atomic E-state index is 4.09. The molecule has 0 saturated heterocycles. The lowest BCUT2D eigenvalue weighted by Crippen LogP contribution is -2.32. The van der Waals surface area contributed by atoms with Crippen molar-refractivity contribution in [2.75, 3.05) is 26.2 Å². The van der Waals surface area contributed by atoms with Gasteiger partial charge in [0.15, 0.2) is 0 Å². The lowest BCUT2D eigenvalue weighted by Gasteiger charge is -2.19. The summed E-state index contributed by atoms with van der Waals surface area (Å²) in [5, 5.41) is 3.45. The van der Waals surface area contributed by atoms with Gasteiger partial charge in [-0.05, 0) is 19.5 Å². The fourth-order valence-corrected chi connectivity index (χ4v) is 1.75. The molecule has 0 radical (unpaired) electrons. The van der Waals surface area contributed by atoms with Gasteiger partial charge in [0.25, 0.3) is 0 Å². The van der Waals surface area contributed by atoms with E-state index in [9.17, 15) is 0 Å². The first-order chi connectivity index (χ1) is 7.77. The third-order valence-electron chi connectivity index (χ3n) is 2.81. The topological polar surface area (TPSA) is 33.1 Å². The molecule has 4 heteroatoms. The molecule has 1 rings (SSSR count). The van der Waals surface area contributed by atoms with Crippen LogP contribution in [0.5, 0.6) is 0 Å². The summed E-state index contributed by atoms with van der Waals surface area (Å²) in [6.07, 6.45) is 4.98. The number of imidazole rings is 1. The molecule has 0 atom stereocenters. The molecular weight excluding hydrogens is 200 g/mol. The van der Waals surface area contributed by atoms with Gasteiger partial charge in [-0.1, -0.05) is 13.8 Å². The van der Waals surface area contributed by atoms with Crippen LogP contribution >= 0.6 is 0 Å². The predicted octanol–water partition coefficient (Wildman–Crippen LogP) is 1.24. The maximum Gasteiger partial charge on any atom is 0.0945 e. The van der Waals surface area contributed by atoms with Gasteiger partial charge in [0.05, 0.1) is 12.0 Å². The zero-order chi connectivity index (χ0) is 11.8. The minimum Gasteiger partial charge on any atom is -0.337 e. The Hall–Kier alpha value is -0.870. The van der Waals surface area contributed by atoms with Gasteiger partial charge >= 0.3 is 0 Å². The number of nitrogens with zero attached hydrogens (tertiary/aromatic N) is 3. The van der Waals surface area contributed by atoms with Crippen molar-refractivity contribution in [3.05, 3.63) is 18.2 Å². The van der Waals surface area contributed by atoms with Crippen molar-refractivity contribution in [1.82, 2.24) is 19.8 Å². The van der Waals surface area contributed by atoms with Crippen LogP contribution in [0.25, 0.3) is 0 Å². The van der Waals surface area contributed by atoms with E-state index >= 15 is 0 Å². The third-order valence-corrected chi connectivity index (χ3v) is 2.81. The van der Waals surface area contributed by atoms with E-state index in [4.69, 9.17) is 0 Å². The third kappa shape index (κ3) is 4.33. The van der Waals surface area contributed by atoms with Crippen molar-refractivity contribution in [3.63, 3.8) is 0 Å². The predicted molar refractivity (Wildman–Crippen MR) is 67.3 cm³/mol. The first kappa shape index (κ1) is 13.2. The normalized spacial score (nSPS) is 11.2. The number of rotatable bonds is 8. The highest BCUT2D eigenvalue weighted by molar-refractivity contribution is 4.96. The highest BCUT2D eigenvalue weighted by Crippen LogP contribution is 1.95. The van der Waals surface area contributed by atoms with E-state index < -0.39 is 0 Å². The number of aromatic nitrogens is 2. The van der Waals surface area contributed by atoms with Gasteiger partial charge in [-0.15, -0.1) is 0 Å². The molecule has 0 aromatic carbocycles. The van der Waals surface area contributed by atoms with Crippen molar-refractivity contribution < 1.29 is 0 Å². The lowest BCUT2D eigenvalue weighted by atomic mass is 10.4. The van der Waals surface area contributed by atoms with E-state index in [1.54, 1.807) is 0 Å². The molecule has 0 aliphatic rings. The molecule has 0 aliphatic heterocycles. The van der Waals surface area contributed by atoms with E-state index in [2.05, 4.69) is 33.6 Å². The van der Waals surface area contributed by atoms with Crippen LogP contribution in [0.15, 0.2) is 12.5 Å². The SMILES string of the molecule is CCCN(CC)CCNCc1cncn1C. The van der Waals surface area contributed by atoms with E-state index in [1.165, 1.54) is 18.7 Å². The molecule has 16 heavy (non-hydrogen) atoms. The zero-order valence-corrected chi connectivity index (χ0v) is 10.7. The molecule has 1 heterocycles. The second kappa shape index (κ2) is 7.41. The molecule has 1 aromatic rings. The zero-order valence-electron chi connectivity index (χ0n) is 10.7. The summed E-state index contributed by atoms with van der Waals surface area (Å²) in [6.45, 7) is 9.86. The van der Waals surface area contributed by atoms with Crippen molar-refractivity contribution in [2.45, 2.75) is 26.8 Å². The van der Waals surface area contributed by atoms with Crippen LogP contribution in [0.4, 0.5) is 0 Å². The Bertz CT molecular complexity index is 282. The first-order valence-electron chi connectivity index (χ1n) is 6.16. The standard InChI is InChI=1S/C12H24N4/c1-4-7-16(5-2)8-6-13-9-12-10-14-11-15(12)3/h10-11,13H,4-9H2,1-3H3. The van der Waals surface area contributed by atoms with Crippen LogP contribution in [-0.4, -0.2) is 40.6 Å². The van der Waals surface area contributed by atoms with Crippen LogP contribution in [0, 0.1) is 0 Å². The Morgan fingerprint density at radius 2 is 2.19 bits per heavy atom. The van der Waals surface area contributed by atoms with Crippen molar-refractivity contribution in [3.8, 4) is 0 Å². The largest absolute Gasteiger partial charge is 0.337 e. The Balaban J connectivity index is 2.14. The van der Waals surface area contributed by atoms with Crippen LogP contribution in [0.3, 0.4) is 0 Å². The van der Waals surface area contributed by atoms with Crippen LogP contribution in [0.2, 0.25) is 0 Å². The fraction of sp³-hybridized carbons (Fsp3) is 0.750. The molecule has 0 amide bonds. The number of nitrogens with one attached hydrogen (secondary N) is 1. The number of hydrogen-bond acceptors (Lipinski definition) is 3. The van der Waals surface area contributed by atoms with Gasteiger partial charge in [-0.25, -0.2) is 4.98 Å². The average Bonchev–Trinajstić information content (AvgIpc) is 2.69. The Kier molecular flexibility index (Phi) is 6.11. The van der Waals surface area contributed by atoms with E-state index in [0.29, 0.717) is 0 Å². The minimum atomic E-state index is 0.903. The summed E-state index contributed by atoms with van der Waals surface area (Å²) in [6, 6.07) is 0. The summed E-state index contributed by atoms with van der Waals surface area (Å²) in [5.41, 5.74) is 1.23. The minimum absolute atomic E-state index is 0.903. The molecule has 0 aliphatic carbocycles. The Labute approximate surface area is 98.7 Å². The fourth-order valence-electron chi connectivity index (χ4n) is 1.75. The summed E-state index contributed by atoms with van der Waals surface area (Å²) in [7, 11) is 2.03. The van der Waals surface area contributed by atoms with Gasteiger partial charge in [0.2, 0.25) is 0 Å². The van der Waals surface area contributed by atoms with Crippen molar-refractivity contribution in [1.29, 1.82) is 0 Å². The number of hydrogen-bond donors (Lipinski definition) is 1. The second-order valence-corrected chi connectivity index (χ2v) is 4.11. The summed E-state index contributed by atoms with van der Waals surface area (Å²) < 4.78 is 2.05. The molecule has 0 saturated carbocycles. The molecule has 0 fully saturated rings. The Morgan fingerprint density at radius 3 is 2.75 bits per heavy atom. The molecule has 0 spiro atoms. The monoisotopic (exact) mass is 224 g/mol. The second-order valence-electron chi connectivity index (χ2n) is 4.11. The molecule has 0 unspecified atom stereocenters. The molecule has 1 aromatic heterocycles. The van der Waals surface area contributed by atoms with Crippen molar-refractivity contribution >= 4 is 0 Å². The van der Waals surface area contributed by atoms with Crippen molar-refractivity contribution in [2.24, 2.45) is 7.05 Å². The van der Waals surface area contributed by atoms with Crippen LogP contribution in [-0.2, 0) is 13.6 Å². The number of likely N-dealkylation sites (N-methyl/N-ethyl adjacent to an activating group) is 1. The van der Waals surface area contributed by atoms with Gasteiger partial charge in [0.1, 0.15) is 0 Å². The quantitative estimate of drug-likeness (QED) is 0.675. The average molecular weight is 224 g/mol. The summed E-state index contributed by atoms with van der Waals surface area (Å²) in [5.74, 6) is 0. The first-order valence-corrected chi connectivity index (χ1v) is 6.16. The smallest absolute Gasteiger partial charge is 0.0945 e. The maximum atomic E-state index is 4.09. The molecular formula is C12H24N4. The van der Waals surface area contributed by atoms with Gasteiger partial charge < -0.3 is 14.8 Å². The van der Waals surface area contributed by atoms with Gasteiger partial charge in [-0.3, -0.25) is 0 Å². The highest BCUT2D eigenvalue weighted by atomic mass is 15.1. The van der Waals surface area contributed by atoms with Gasteiger partial charge in [-0.2, -0.15) is 0 Å².